The molecule has 1 rings (SSSR count). The van der Waals surface area contributed by atoms with Crippen molar-refractivity contribution in [2.45, 2.75) is 269 Å². The van der Waals surface area contributed by atoms with Crippen molar-refractivity contribution in [1.82, 2.24) is 0 Å². The maximum atomic E-state index is 13.1. The fourth-order valence-electron chi connectivity index (χ4n) is 4.48. The summed E-state index contributed by atoms with van der Waals surface area (Å²) in [6.07, 6.45) is -8.70. The van der Waals surface area contributed by atoms with Crippen molar-refractivity contribution in [3.8, 4) is 0 Å². The van der Waals surface area contributed by atoms with Crippen molar-refractivity contribution in [3.63, 3.8) is 0 Å². The quantitative estimate of drug-likeness (QED) is 0.171. The summed E-state index contributed by atoms with van der Waals surface area (Å²) in [6.45, 7) is 35.5. The molecule has 1 atom stereocenters. The number of alkyl halides is 14. The van der Waals surface area contributed by atoms with Gasteiger partial charge in [0.25, 0.3) is 0 Å². The first-order valence-corrected chi connectivity index (χ1v) is 22.0. The molecule has 0 unspecified atom stereocenters. The SMILES string of the molecule is CC(C)(C)C.CC1CCC(F)(F)CC1.CCC(C)(C)CC(F)(F)F.CCC(C)(F)CC.CCCC(C(F)(F)F)C(F)(F)F.CCCC(C)(F)CCC.CC[C@](C)(F)C(C)C. The summed E-state index contributed by atoms with van der Waals surface area (Å²) in [5, 5.41) is 0. The molecule has 60 heavy (non-hydrogen) atoms. The lowest BCUT2D eigenvalue weighted by atomic mass is 9.86. The van der Waals surface area contributed by atoms with E-state index in [9.17, 15) is 61.5 Å². The molecule has 1 saturated carbocycles. The van der Waals surface area contributed by atoms with Crippen LogP contribution in [-0.4, -0.2) is 41.5 Å². The number of halogens is 14. The van der Waals surface area contributed by atoms with Crippen molar-refractivity contribution in [2.24, 2.45) is 28.6 Å². The zero-order valence-electron chi connectivity index (χ0n) is 41.1. The minimum absolute atomic E-state index is 0.105. The van der Waals surface area contributed by atoms with E-state index in [4.69, 9.17) is 0 Å². The summed E-state index contributed by atoms with van der Waals surface area (Å²) in [5.74, 6) is -4.85. The van der Waals surface area contributed by atoms with Gasteiger partial charge in [0.05, 0.1) is 0 Å². The molecular formula is C46H90F14. The smallest absolute Gasteiger partial charge is 0.244 e. The van der Waals surface area contributed by atoms with Crippen LogP contribution in [0, 0.1) is 28.6 Å². The summed E-state index contributed by atoms with van der Waals surface area (Å²) in [7, 11) is 0. The van der Waals surface area contributed by atoms with Crippen LogP contribution in [0.4, 0.5) is 61.5 Å². The molecule has 372 valence electrons. The van der Waals surface area contributed by atoms with Gasteiger partial charge in [-0.3, -0.25) is 0 Å². The summed E-state index contributed by atoms with van der Waals surface area (Å²) < 4.78 is 169. The highest BCUT2D eigenvalue weighted by Crippen LogP contribution is 2.42. The molecule has 0 aromatic carbocycles. The lowest BCUT2D eigenvalue weighted by Gasteiger charge is -2.25. The topological polar surface area (TPSA) is 0 Å². The van der Waals surface area contributed by atoms with E-state index >= 15 is 0 Å². The highest BCUT2D eigenvalue weighted by atomic mass is 19.4. The van der Waals surface area contributed by atoms with Gasteiger partial charge in [0.1, 0.15) is 17.0 Å². The number of hydrogen-bond acceptors (Lipinski definition) is 0. The molecule has 0 spiro atoms. The highest BCUT2D eigenvalue weighted by Gasteiger charge is 2.55. The van der Waals surface area contributed by atoms with Gasteiger partial charge in [-0.1, -0.05) is 136 Å². The highest BCUT2D eigenvalue weighted by molar-refractivity contribution is 4.76. The largest absolute Gasteiger partial charge is 0.400 e. The van der Waals surface area contributed by atoms with E-state index in [0.29, 0.717) is 62.7 Å². The first-order valence-electron chi connectivity index (χ1n) is 22.0. The average molecular weight is 909 g/mol. The van der Waals surface area contributed by atoms with Gasteiger partial charge in [-0.25, -0.2) is 22.0 Å². The van der Waals surface area contributed by atoms with Crippen LogP contribution < -0.4 is 0 Å². The molecule has 0 aliphatic heterocycles. The Hall–Kier alpha value is -0.980. The predicted octanol–water partition coefficient (Wildman–Crippen LogP) is 20.4. The van der Waals surface area contributed by atoms with Crippen molar-refractivity contribution >= 4 is 0 Å². The molecule has 0 aromatic heterocycles. The lowest BCUT2D eigenvalue weighted by Crippen LogP contribution is -2.36. The van der Waals surface area contributed by atoms with E-state index in [1.54, 1.807) is 41.5 Å². The van der Waals surface area contributed by atoms with E-state index in [-0.39, 0.29) is 25.2 Å². The third-order valence-electron chi connectivity index (χ3n) is 9.92. The molecule has 1 aliphatic carbocycles. The van der Waals surface area contributed by atoms with Gasteiger partial charge in [-0.15, -0.1) is 0 Å². The molecule has 1 aliphatic rings. The van der Waals surface area contributed by atoms with E-state index < -0.39 is 65.6 Å². The van der Waals surface area contributed by atoms with Crippen LogP contribution in [0.15, 0.2) is 0 Å². The Morgan fingerprint density at radius 3 is 0.967 bits per heavy atom. The van der Waals surface area contributed by atoms with Crippen molar-refractivity contribution in [2.75, 3.05) is 0 Å². The fourth-order valence-corrected chi connectivity index (χ4v) is 4.48. The van der Waals surface area contributed by atoms with Gasteiger partial charge in [-0.2, -0.15) is 39.5 Å². The fraction of sp³-hybridized carbons (Fsp3) is 1.00. The van der Waals surface area contributed by atoms with Crippen LogP contribution in [-0.2, 0) is 0 Å². The molecule has 0 heterocycles. The van der Waals surface area contributed by atoms with E-state index in [0.717, 1.165) is 12.8 Å². The van der Waals surface area contributed by atoms with E-state index in [1.807, 2.05) is 55.4 Å². The summed E-state index contributed by atoms with van der Waals surface area (Å²) in [5.41, 5.74) is -2.87. The van der Waals surface area contributed by atoms with Crippen LogP contribution >= 0.6 is 0 Å². The second-order valence-corrected chi connectivity index (χ2v) is 19.6. The van der Waals surface area contributed by atoms with Gasteiger partial charge in [0.2, 0.25) is 5.92 Å². The third kappa shape index (κ3) is 53.2. The van der Waals surface area contributed by atoms with Gasteiger partial charge in [0.15, 0.2) is 5.92 Å². The second kappa shape index (κ2) is 31.8. The average Bonchev–Trinajstić information content (AvgIpc) is 3.03. The molecule has 0 nitrogen and oxygen atoms in total. The first kappa shape index (κ1) is 70.7. The van der Waals surface area contributed by atoms with Crippen LogP contribution in [0.2, 0.25) is 0 Å². The molecule has 1 fully saturated rings. The van der Waals surface area contributed by atoms with Crippen molar-refractivity contribution in [3.05, 3.63) is 0 Å². The molecule has 0 bridgehead atoms. The Labute approximate surface area is 359 Å². The minimum atomic E-state index is -5.17. The van der Waals surface area contributed by atoms with Gasteiger partial charge in [-0.05, 0) is 94.8 Å². The standard InChI is InChI=1S/C8H17F.C7H13F3.C7H12F2.C7H15F.C6H8F6.C6H13F.C5H12/c1-4-6-8(3,9)7-5-2;1-4-6(2,3)5-7(8,9)10;1-6-2-4-7(8,9)5-3-6;1-5-7(4,8)6(2)3;1-2-3-4(5(7,8)9)6(10,11)12;1-4-6(3,7)5-2;1-5(2,3)4/h4-7H2,1-3H3;4-5H2,1-3H3;6H,2-5H2,1H3;6H,5H2,1-4H3;4H,2-3H2,1H3;4-5H2,1-3H3;1-4H3/t;;;7-;;;/m...0.../s1. The zero-order valence-corrected chi connectivity index (χ0v) is 41.1. The van der Waals surface area contributed by atoms with Gasteiger partial charge < -0.3 is 0 Å². The van der Waals surface area contributed by atoms with Gasteiger partial charge >= 0.3 is 18.5 Å². The van der Waals surface area contributed by atoms with E-state index in [2.05, 4.69) is 27.7 Å². The van der Waals surface area contributed by atoms with Crippen molar-refractivity contribution in [1.29, 1.82) is 0 Å². The lowest BCUT2D eigenvalue weighted by molar-refractivity contribution is -0.285. The predicted molar refractivity (Wildman–Crippen MR) is 227 cm³/mol. The summed E-state index contributed by atoms with van der Waals surface area (Å²) in [4.78, 5) is 0. The number of rotatable bonds is 12. The Kier molecular flexibility index (Phi) is 37.5. The summed E-state index contributed by atoms with van der Waals surface area (Å²) in [6, 6.07) is 0. The normalized spacial score (nSPS) is 16.1. The van der Waals surface area contributed by atoms with Crippen molar-refractivity contribution < 1.29 is 61.5 Å². The zero-order chi connectivity index (χ0) is 49.8. The van der Waals surface area contributed by atoms with E-state index in [1.165, 1.54) is 6.92 Å². The molecule has 0 aromatic rings. The minimum Gasteiger partial charge on any atom is -0.244 e. The van der Waals surface area contributed by atoms with Crippen LogP contribution in [0.5, 0.6) is 0 Å². The Bertz CT molecular complexity index is 924. The monoisotopic (exact) mass is 909 g/mol. The molecule has 0 radical (unpaired) electrons. The Morgan fingerprint density at radius 2 is 0.850 bits per heavy atom. The maximum Gasteiger partial charge on any atom is 0.400 e. The second-order valence-electron chi connectivity index (χ2n) is 19.6. The molecule has 14 heteroatoms. The Morgan fingerprint density at radius 1 is 0.517 bits per heavy atom. The van der Waals surface area contributed by atoms with Crippen LogP contribution in [0.25, 0.3) is 0 Å². The third-order valence-corrected chi connectivity index (χ3v) is 9.92. The number of hydrogen-bond donors (Lipinski definition) is 0. The summed E-state index contributed by atoms with van der Waals surface area (Å²) >= 11 is 0. The molecule has 0 amide bonds. The first-order chi connectivity index (χ1) is 26.3. The van der Waals surface area contributed by atoms with Gasteiger partial charge in [0, 0.05) is 19.3 Å². The molecule has 0 saturated heterocycles. The molecular weight excluding hydrogens is 818 g/mol. The molecule has 0 N–H and O–H groups in total. The van der Waals surface area contributed by atoms with Crippen LogP contribution in [0.1, 0.15) is 228 Å². The Balaban J connectivity index is -0.000000144. The van der Waals surface area contributed by atoms with Crippen LogP contribution in [0.3, 0.4) is 0 Å². The maximum absolute atomic E-state index is 13.1.